The summed E-state index contributed by atoms with van der Waals surface area (Å²) in [7, 11) is 0. The zero-order chi connectivity index (χ0) is 22.0. The van der Waals surface area contributed by atoms with Crippen molar-refractivity contribution in [2.45, 2.75) is 57.9 Å². The molecular weight excluding hydrogens is 400 g/mol. The number of carbonyl (C=O) groups is 2. The van der Waals surface area contributed by atoms with Crippen LogP contribution in [0.2, 0.25) is 0 Å². The number of benzene rings is 1. The van der Waals surface area contributed by atoms with Crippen LogP contribution in [0.1, 0.15) is 33.6 Å². The van der Waals surface area contributed by atoms with Crippen molar-refractivity contribution in [3.05, 3.63) is 36.7 Å². The van der Waals surface area contributed by atoms with Crippen LogP contribution in [-0.4, -0.2) is 57.6 Å². The van der Waals surface area contributed by atoms with Crippen molar-refractivity contribution in [1.29, 1.82) is 0 Å². The molecule has 0 saturated carbocycles. The maximum atomic E-state index is 12.8. The van der Waals surface area contributed by atoms with Crippen LogP contribution in [0.5, 0.6) is 11.5 Å². The van der Waals surface area contributed by atoms with Crippen LogP contribution in [0.4, 0.5) is 10.5 Å². The van der Waals surface area contributed by atoms with Crippen LogP contribution >= 0.6 is 0 Å². The van der Waals surface area contributed by atoms with Crippen LogP contribution < -0.4 is 14.8 Å². The topological polar surface area (TPSA) is 94.9 Å². The molecule has 3 heterocycles. The lowest BCUT2D eigenvalue weighted by Crippen LogP contribution is -2.45. The van der Waals surface area contributed by atoms with E-state index in [4.69, 9.17) is 14.2 Å². The first kappa shape index (κ1) is 21.0. The molecule has 1 aromatic carbocycles. The number of amides is 2. The van der Waals surface area contributed by atoms with Crippen molar-refractivity contribution in [3.8, 4) is 11.5 Å². The van der Waals surface area contributed by atoms with Gasteiger partial charge in [0.1, 0.15) is 18.2 Å². The molecule has 2 aliphatic rings. The van der Waals surface area contributed by atoms with Gasteiger partial charge in [-0.2, -0.15) is 5.10 Å². The Kier molecular flexibility index (Phi) is 5.75. The van der Waals surface area contributed by atoms with Gasteiger partial charge in [-0.3, -0.25) is 14.4 Å². The van der Waals surface area contributed by atoms with E-state index < -0.39 is 17.7 Å². The Hall–Kier alpha value is -3.23. The fourth-order valence-corrected chi connectivity index (χ4v) is 3.69. The summed E-state index contributed by atoms with van der Waals surface area (Å²) in [4.78, 5) is 26.7. The first-order valence-corrected chi connectivity index (χ1v) is 10.5. The number of fused-ring (bicyclic) bond motifs is 1. The summed E-state index contributed by atoms with van der Waals surface area (Å²) in [5, 5.41) is 7.17. The van der Waals surface area contributed by atoms with E-state index in [1.54, 1.807) is 17.1 Å². The van der Waals surface area contributed by atoms with Crippen molar-refractivity contribution in [2.75, 3.05) is 18.5 Å². The number of para-hydroxylation sites is 2. The molecule has 0 radical (unpaired) electrons. The number of anilines is 1. The minimum atomic E-state index is -0.604. The average Bonchev–Trinajstić information content (AvgIpc) is 3.36. The molecule has 166 valence electrons. The molecule has 0 aliphatic carbocycles. The Morgan fingerprint density at radius 2 is 2.03 bits per heavy atom. The van der Waals surface area contributed by atoms with E-state index in [0.29, 0.717) is 37.6 Å². The van der Waals surface area contributed by atoms with Gasteiger partial charge >= 0.3 is 6.09 Å². The number of hydrogen-bond acceptors (Lipinski definition) is 6. The molecule has 2 atom stereocenters. The second-order valence-electron chi connectivity index (χ2n) is 8.77. The Morgan fingerprint density at radius 1 is 1.26 bits per heavy atom. The summed E-state index contributed by atoms with van der Waals surface area (Å²) in [6.45, 7) is 6.84. The van der Waals surface area contributed by atoms with Gasteiger partial charge in [-0.25, -0.2) is 4.79 Å². The fraction of sp³-hybridized carbons (Fsp3) is 0.500. The first-order chi connectivity index (χ1) is 14.8. The van der Waals surface area contributed by atoms with Crippen molar-refractivity contribution < 1.29 is 23.8 Å². The van der Waals surface area contributed by atoms with Crippen molar-refractivity contribution in [3.63, 3.8) is 0 Å². The number of nitrogens with one attached hydrogen (secondary N) is 1. The fourth-order valence-electron chi connectivity index (χ4n) is 3.69. The Balaban J connectivity index is 1.33. The van der Waals surface area contributed by atoms with E-state index in [1.165, 1.54) is 4.90 Å². The Bertz CT molecular complexity index is 951. The zero-order valence-electron chi connectivity index (χ0n) is 18.0. The third kappa shape index (κ3) is 5.10. The van der Waals surface area contributed by atoms with Crippen LogP contribution in [0.3, 0.4) is 0 Å². The first-order valence-electron chi connectivity index (χ1n) is 10.5. The van der Waals surface area contributed by atoms with Crippen LogP contribution in [0, 0.1) is 0 Å². The number of carbonyl (C=O) groups excluding carboxylic acids is 2. The summed E-state index contributed by atoms with van der Waals surface area (Å²) in [5.41, 5.74) is -0.0362. The van der Waals surface area contributed by atoms with Crippen LogP contribution in [-0.2, 0) is 16.1 Å². The third-order valence-electron chi connectivity index (χ3n) is 5.04. The second kappa shape index (κ2) is 8.49. The molecule has 0 unspecified atom stereocenters. The molecule has 9 heteroatoms. The molecule has 31 heavy (non-hydrogen) atoms. The van der Waals surface area contributed by atoms with Gasteiger partial charge in [-0.15, -0.1) is 0 Å². The number of ether oxygens (including phenoxy) is 3. The predicted molar refractivity (Wildman–Crippen MR) is 113 cm³/mol. The number of likely N-dealkylation sites (tertiary alicyclic amines) is 1. The van der Waals surface area contributed by atoms with E-state index >= 15 is 0 Å². The largest absolute Gasteiger partial charge is 0.486 e. The lowest BCUT2D eigenvalue weighted by Gasteiger charge is -2.27. The van der Waals surface area contributed by atoms with Crippen molar-refractivity contribution in [2.24, 2.45) is 0 Å². The quantitative estimate of drug-likeness (QED) is 0.804. The molecule has 1 saturated heterocycles. The summed E-state index contributed by atoms with van der Waals surface area (Å²) in [5.74, 6) is 1.20. The van der Waals surface area contributed by atoms with Gasteiger partial charge in [0.25, 0.3) is 0 Å². The van der Waals surface area contributed by atoms with Crippen molar-refractivity contribution in [1.82, 2.24) is 14.7 Å². The van der Waals surface area contributed by atoms with Gasteiger partial charge in [-0.1, -0.05) is 12.1 Å². The van der Waals surface area contributed by atoms with E-state index in [9.17, 15) is 9.59 Å². The molecule has 1 fully saturated rings. The number of rotatable bonds is 4. The highest BCUT2D eigenvalue weighted by Gasteiger charge is 2.36. The number of hydrogen-bond donors (Lipinski definition) is 1. The standard InChI is InChI=1S/C22H28N4O5/c1-22(2,3)31-21(28)26-10-6-7-17(26)20(27)24-15-11-23-25(12-15)13-16-14-29-18-8-4-5-9-19(18)30-16/h4-5,8-9,11-12,16-17H,6-7,10,13-14H2,1-3H3,(H,24,27)/t16-,17-/m1/s1. The molecule has 2 aliphatic heterocycles. The van der Waals surface area contributed by atoms with E-state index in [0.717, 1.165) is 12.2 Å². The number of aromatic nitrogens is 2. The minimum Gasteiger partial charge on any atom is -0.486 e. The molecule has 1 aromatic heterocycles. The molecule has 1 N–H and O–H groups in total. The lowest BCUT2D eigenvalue weighted by molar-refractivity contribution is -0.120. The second-order valence-corrected chi connectivity index (χ2v) is 8.77. The van der Waals surface area contributed by atoms with Gasteiger partial charge in [-0.05, 0) is 45.7 Å². The van der Waals surface area contributed by atoms with Crippen LogP contribution in [0.25, 0.3) is 0 Å². The SMILES string of the molecule is CC(C)(C)OC(=O)N1CCC[C@@H]1C(=O)Nc1cnn(C[C@@H]2COc3ccccc3O2)c1. The highest BCUT2D eigenvalue weighted by molar-refractivity contribution is 5.96. The maximum Gasteiger partial charge on any atom is 0.410 e. The van der Waals surface area contributed by atoms with Gasteiger partial charge in [0, 0.05) is 12.7 Å². The molecule has 9 nitrogen and oxygen atoms in total. The zero-order valence-corrected chi connectivity index (χ0v) is 18.0. The summed E-state index contributed by atoms with van der Waals surface area (Å²) >= 11 is 0. The molecule has 2 amide bonds. The molecule has 4 rings (SSSR count). The smallest absolute Gasteiger partial charge is 0.410 e. The van der Waals surface area contributed by atoms with E-state index in [2.05, 4.69) is 10.4 Å². The monoisotopic (exact) mass is 428 g/mol. The van der Waals surface area contributed by atoms with Gasteiger partial charge in [0.15, 0.2) is 17.6 Å². The summed E-state index contributed by atoms with van der Waals surface area (Å²) in [6, 6.07) is 6.99. The summed E-state index contributed by atoms with van der Waals surface area (Å²) in [6.07, 6.45) is 4.05. The van der Waals surface area contributed by atoms with E-state index in [-0.39, 0.29) is 12.0 Å². The number of nitrogens with zero attached hydrogens (tertiary/aromatic N) is 3. The highest BCUT2D eigenvalue weighted by atomic mass is 16.6. The van der Waals surface area contributed by atoms with E-state index in [1.807, 2.05) is 45.0 Å². The maximum absolute atomic E-state index is 12.8. The van der Waals surface area contributed by atoms with Crippen molar-refractivity contribution >= 4 is 17.7 Å². The summed E-state index contributed by atoms with van der Waals surface area (Å²) < 4.78 is 18.8. The third-order valence-corrected chi connectivity index (χ3v) is 5.04. The highest BCUT2D eigenvalue weighted by Crippen LogP contribution is 2.31. The molecule has 0 bridgehead atoms. The van der Waals surface area contributed by atoms with Gasteiger partial charge in [0.05, 0.1) is 18.4 Å². The predicted octanol–water partition coefficient (Wildman–Crippen LogP) is 3.06. The average molecular weight is 428 g/mol. The molecule has 2 aromatic rings. The molecular formula is C22H28N4O5. The van der Waals surface area contributed by atoms with Gasteiger partial charge < -0.3 is 19.5 Å². The van der Waals surface area contributed by atoms with Gasteiger partial charge in [0.2, 0.25) is 5.91 Å². The lowest BCUT2D eigenvalue weighted by atomic mass is 10.2. The Morgan fingerprint density at radius 3 is 2.81 bits per heavy atom. The minimum absolute atomic E-state index is 0.184. The normalized spacial score (nSPS) is 20.4. The Labute approximate surface area is 181 Å². The molecule has 0 spiro atoms. The van der Waals surface area contributed by atoms with Crippen LogP contribution in [0.15, 0.2) is 36.7 Å².